The van der Waals surface area contributed by atoms with Gasteiger partial charge in [-0.3, -0.25) is 14.8 Å². The minimum atomic E-state index is -0.534. The molecule has 0 aliphatic carbocycles. The number of aromatic hydroxyl groups is 1. The number of rotatable bonds is 5. The smallest absolute Gasteiger partial charge is 0.265 e. The Kier molecular flexibility index (Phi) is 5.62. The van der Waals surface area contributed by atoms with E-state index in [4.69, 9.17) is 10.7 Å². The molecule has 3 rings (SSSR count). The highest BCUT2D eigenvalue weighted by Crippen LogP contribution is 2.30. The Hall–Kier alpha value is -3.37. The van der Waals surface area contributed by atoms with Gasteiger partial charge in [0.25, 0.3) is 5.56 Å². The van der Waals surface area contributed by atoms with Gasteiger partial charge in [-0.25, -0.2) is 4.98 Å². The molecule has 0 saturated heterocycles. The molecule has 0 aliphatic rings. The molecule has 1 heterocycles. The highest BCUT2D eigenvalue weighted by Gasteiger charge is 2.23. The van der Waals surface area contributed by atoms with Crippen molar-refractivity contribution in [2.45, 2.75) is 24.4 Å². The number of phenols is 1. The van der Waals surface area contributed by atoms with Gasteiger partial charge in [-0.1, -0.05) is 42.5 Å². The highest BCUT2D eigenvalue weighted by atomic mass is 32.1. The molecule has 0 unspecified atom stereocenters. The van der Waals surface area contributed by atoms with Gasteiger partial charge in [0.2, 0.25) is 0 Å². The van der Waals surface area contributed by atoms with Gasteiger partial charge in [-0.2, -0.15) is 5.26 Å². The van der Waals surface area contributed by atoms with Crippen LogP contribution in [0.15, 0.2) is 64.4 Å². The first-order chi connectivity index (χ1) is 13.4. The zero-order valence-electron chi connectivity index (χ0n) is 15.1. The topological polar surface area (TPSA) is 103 Å². The van der Waals surface area contributed by atoms with Gasteiger partial charge in [0.15, 0.2) is 0 Å². The van der Waals surface area contributed by atoms with Crippen molar-refractivity contribution in [3.8, 4) is 23.2 Å². The van der Waals surface area contributed by atoms with Gasteiger partial charge < -0.3 is 5.11 Å². The van der Waals surface area contributed by atoms with Crippen molar-refractivity contribution in [2.75, 3.05) is 0 Å². The quantitative estimate of drug-likeness (QED) is 0.352. The second-order valence-corrected chi connectivity index (χ2v) is 6.78. The van der Waals surface area contributed by atoms with E-state index in [1.54, 1.807) is 24.3 Å². The van der Waals surface area contributed by atoms with Crippen molar-refractivity contribution in [3.05, 3.63) is 76.1 Å². The minimum absolute atomic E-state index is 0.0158. The molecule has 2 N–H and O–H groups in total. The Morgan fingerprint density at radius 3 is 2.54 bits per heavy atom. The SMILES string of the molecule is C[C@H](Cc1ccccc1)n1c(-c2ccccc2O)nc(S)c(C(=N)C#N)c1=O. The van der Waals surface area contributed by atoms with E-state index in [0.717, 1.165) is 5.56 Å². The second kappa shape index (κ2) is 8.11. The van der Waals surface area contributed by atoms with Crippen LogP contribution in [0.4, 0.5) is 0 Å². The van der Waals surface area contributed by atoms with E-state index >= 15 is 0 Å². The molecule has 1 aromatic heterocycles. The molecule has 1 atom stereocenters. The largest absolute Gasteiger partial charge is 0.507 e. The summed E-state index contributed by atoms with van der Waals surface area (Å²) in [5, 5.41) is 27.2. The Labute approximate surface area is 167 Å². The average Bonchev–Trinajstić information content (AvgIpc) is 2.68. The number of para-hydroxylation sites is 1. The van der Waals surface area contributed by atoms with Crippen LogP contribution in [-0.2, 0) is 6.42 Å². The van der Waals surface area contributed by atoms with Crippen LogP contribution in [0.3, 0.4) is 0 Å². The monoisotopic (exact) mass is 390 g/mol. The summed E-state index contributed by atoms with van der Waals surface area (Å²) >= 11 is 4.23. The second-order valence-electron chi connectivity index (χ2n) is 6.35. The summed E-state index contributed by atoms with van der Waals surface area (Å²) in [6.45, 7) is 1.86. The number of aromatic nitrogens is 2. The summed E-state index contributed by atoms with van der Waals surface area (Å²) in [4.78, 5) is 17.6. The van der Waals surface area contributed by atoms with E-state index in [1.807, 2.05) is 37.3 Å². The van der Waals surface area contributed by atoms with E-state index in [0.29, 0.717) is 12.0 Å². The Balaban J connectivity index is 2.25. The lowest BCUT2D eigenvalue weighted by atomic mass is 10.1. The number of nitrogens with one attached hydrogen (secondary N) is 1. The maximum Gasteiger partial charge on any atom is 0.265 e. The lowest BCUT2D eigenvalue weighted by molar-refractivity contribution is 0.473. The molecule has 0 spiro atoms. The van der Waals surface area contributed by atoms with Gasteiger partial charge in [-0.05, 0) is 31.0 Å². The Morgan fingerprint density at radius 2 is 1.89 bits per heavy atom. The number of benzene rings is 2. The first kappa shape index (κ1) is 19.4. The maximum atomic E-state index is 13.2. The first-order valence-electron chi connectivity index (χ1n) is 8.60. The van der Waals surface area contributed by atoms with Gasteiger partial charge in [0.05, 0.1) is 5.56 Å². The van der Waals surface area contributed by atoms with Gasteiger partial charge in [0.1, 0.15) is 33.9 Å². The molecule has 0 radical (unpaired) electrons. The van der Waals surface area contributed by atoms with E-state index in [1.165, 1.54) is 10.6 Å². The predicted octanol–water partition coefficient (Wildman–Crippen LogP) is 3.60. The zero-order valence-corrected chi connectivity index (χ0v) is 16.0. The molecular formula is C21H18N4O2S. The van der Waals surface area contributed by atoms with Crippen molar-refractivity contribution < 1.29 is 5.11 Å². The van der Waals surface area contributed by atoms with Crippen LogP contribution in [0.2, 0.25) is 0 Å². The molecule has 28 heavy (non-hydrogen) atoms. The third kappa shape index (κ3) is 3.68. The maximum absolute atomic E-state index is 13.2. The standard InChI is InChI=1S/C21H18N4O2S/c1-13(11-14-7-3-2-4-8-14)25-19(15-9-5-6-10-17(15)26)24-20(28)18(21(25)27)16(23)12-22/h2-10,13,23,26,28H,11H2,1H3/t13-/m1/s1. The molecule has 2 aromatic carbocycles. The molecule has 0 fully saturated rings. The van der Waals surface area contributed by atoms with E-state index in [2.05, 4.69) is 17.6 Å². The van der Waals surface area contributed by atoms with Gasteiger partial charge in [0, 0.05) is 6.04 Å². The van der Waals surface area contributed by atoms with Crippen LogP contribution in [0.25, 0.3) is 11.4 Å². The van der Waals surface area contributed by atoms with Crippen LogP contribution >= 0.6 is 12.6 Å². The molecule has 0 saturated carbocycles. The fourth-order valence-electron chi connectivity index (χ4n) is 3.11. The normalized spacial score (nSPS) is 11.6. The minimum Gasteiger partial charge on any atom is -0.507 e. The number of nitriles is 1. The summed E-state index contributed by atoms with van der Waals surface area (Å²) in [5.74, 6) is 0.219. The molecule has 0 bridgehead atoms. The lowest BCUT2D eigenvalue weighted by Crippen LogP contribution is -2.32. The molecule has 7 heteroatoms. The number of hydrogen-bond acceptors (Lipinski definition) is 6. The number of thiol groups is 1. The predicted molar refractivity (Wildman–Crippen MR) is 110 cm³/mol. The molecule has 140 valence electrons. The van der Waals surface area contributed by atoms with Crippen molar-refractivity contribution in [1.29, 1.82) is 10.7 Å². The summed E-state index contributed by atoms with van der Waals surface area (Å²) in [5.41, 5.74) is 0.229. The number of phenolic OH excluding ortho intramolecular Hbond substituents is 1. The molecule has 6 nitrogen and oxygen atoms in total. The van der Waals surface area contributed by atoms with Crippen LogP contribution in [0.5, 0.6) is 5.75 Å². The average molecular weight is 390 g/mol. The fraction of sp³-hybridized carbons (Fsp3) is 0.143. The van der Waals surface area contributed by atoms with E-state index in [9.17, 15) is 9.90 Å². The van der Waals surface area contributed by atoms with Gasteiger partial charge >= 0.3 is 0 Å². The number of hydrogen-bond donors (Lipinski definition) is 3. The van der Waals surface area contributed by atoms with Crippen LogP contribution < -0.4 is 5.56 Å². The van der Waals surface area contributed by atoms with Crippen molar-refractivity contribution in [1.82, 2.24) is 9.55 Å². The highest BCUT2D eigenvalue weighted by molar-refractivity contribution is 7.80. The third-order valence-corrected chi connectivity index (χ3v) is 4.74. The van der Waals surface area contributed by atoms with E-state index in [-0.39, 0.29) is 28.2 Å². The van der Waals surface area contributed by atoms with Crippen LogP contribution in [0, 0.1) is 16.7 Å². The zero-order chi connectivity index (χ0) is 20.3. The number of nitrogens with zero attached hydrogens (tertiary/aromatic N) is 3. The fourth-order valence-corrected chi connectivity index (χ4v) is 3.41. The molecular weight excluding hydrogens is 372 g/mol. The summed E-state index contributed by atoms with van der Waals surface area (Å²) < 4.78 is 1.42. The first-order valence-corrected chi connectivity index (χ1v) is 9.05. The van der Waals surface area contributed by atoms with Gasteiger partial charge in [-0.15, -0.1) is 12.6 Å². The summed E-state index contributed by atoms with van der Waals surface area (Å²) in [7, 11) is 0. The lowest BCUT2D eigenvalue weighted by Gasteiger charge is -2.21. The third-order valence-electron chi connectivity index (χ3n) is 4.42. The van der Waals surface area contributed by atoms with Crippen molar-refractivity contribution in [3.63, 3.8) is 0 Å². The summed E-state index contributed by atoms with van der Waals surface area (Å²) in [6.07, 6.45) is 0.536. The Bertz CT molecular complexity index is 1130. The molecule has 0 amide bonds. The Morgan fingerprint density at radius 1 is 1.25 bits per heavy atom. The van der Waals surface area contributed by atoms with Crippen LogP contribution in [-0.4, -0.2) is 20.4 Å². The summed E-state index contributed by atoms with van der Waals surface area (Å²) in [6, 6.07) is 17.6. The molecule has 3 aromatic rings. The van der Waals surface area contributed by atoms with Crippen LogP contribution in [0.1, 0.15) is 24.1 Å². The molecule has 0 aliphatic heterocycles. The van der Waals surface area contributed by atoms with E-state index < -0.39 is 11.3 Å². The van der Waals surface area contributed by atoms with Crippen molar-refractivity contribution >= 4 is 18.3 Å². The van der Waals surface area contributed by atoms with Crippen molar-refractivity contribution in [2.24, 2.45) is 0 Å².